The van der Waals surface area contributed by atoms with Crippen LogP contribution >= 0.6 is 22.9 Å². The summed E-state index contributed by atoms with van der Waals surface area (Å²) in [6.07, 6.45) is -7.66. The fourth-order valence-corrected chi connectivity index (χ4v) is 4.78. The number of morpholine rings is 1. The van der Waals surface area contributed by atoms with E-state index in [9.17, 15) is 36.3 Å². The number of thiophene rings is 1. The molecular formula is C23H24ClF5N4O4S. The number of halogens is 6. The molecule has 1 saturated heterocycles. The number of carbonyl (C=O) groups is 3. The molecule has 208 valence electrons. The summed E-state index contributed by atoms with van der Waals surface area (Å²) in [7, 11) is 0. The van der Waals surface area contributed by atoms with Crippen LogP contribution in [0.1, 0.15) is 28.6 Å². The van der Waals surface area contributed by atoms with E-state index in [-0.39, 0.29) is 42.6 Å². The predicted octanol–water partition coefficient (Wildman–Crippen LogP) is 4.32. The minimum absolute atomic E-state index is 0.0584. The lowest BCUT2D eigenvalue weighted by molar-refractivity contribution is -0.153. The molecule has 3 rings (SSSR count). The Bertz CT molecular complexity index is 1160. The van der Waals surface area contributed by atoms with Crippen LogP contribution in [0.4, 0.5) is 33.3 Å². The minimum atomic E-state index is -4.64. The number of likely N-dealkylation sites (N-methyl/N-ethyl adjacent to an activating group) is 1. The number of hydrogen-bond acceptors (Lipinski definition) is 6. The highest BCUT2D eigenvalue weighted by molar-refractivity contribution is 7.18. The van der Waals surface area contributed by atoms with E-state index in [0.717, 1.165) is 27.2 Å². The first-order valence-corrected chi connectivity index (χ1v) is 12.5. The Morgan fingerprint density at radius 1 is 1.24 bits per heavy atom. The first-order valence-electron chi connectivity index (χ1n) is 11.3. The standard InChI is InChI=1S/C23H24ClF5N4O4S/c1-2-32(12-23(27,28)29)16(10-30-22(36)17-5-6-18(24)38-17)21(35)31-13-3-4-15(14(9-13)20(25)26)33-7-8-37-11-19(33)34/h3-6,9,16,20H,2,7-8,10-12H2,1H3,(H,30,36)(H,31,35)/t16-/m0/s1. The maximum Gasteiger partial charge on any atom is 0.401 e. The van der Waals surface area contributed by atoms with E-state index in [4.69, 9.17) is 16.3 Å². The minimum Gasteiger partial charge on any atom is -0.370 e. The lowest BCUT2D eigenvalue weighted by atomic mass is 10.1. The van der Waals surface area contributed by atoms with Crippen LogP contribution < -0.4 is 15.5 Å². The lowest BCUT2D eigenvalue weighted by Crippen LogP contribution is -2.53. The molecule has 1 atom stereocenters. The number of hydrogen-bond donors (Lipinski definition) is 2. The van der Waals surface area contributed by atoms with Gasteiger partial charge in [0.15, 0.2) is 0 Å². The van der Waals surface area contributed by atoms with Crippen molar-refractivity contribution < 1.29 is 41.1 Å². The first kappa shape index (κ1) is 29.7. The average molecular weight is 583 g/mol. The number of ether oxygens (including phenoxy) is 1. The van der Waals surface area contributed by atoms with E-state index >= 15 is 0 Å². The third-order valence-electron chi connectivity index (χ3n) is 5.59. The highest BCUT2D eigenvalue weighted by Crippen LogP contribution is 2.33. The van der Waals surface area contributed by atoms with Crippen LogP contribution in [0.25, 0.3) is 0 Å². The zero-order chi connectivity index (χ0) is 28.0. The van der Waals surface area contributed by atoms with Gasteiger partial charge in [0.25, 0.3) is 18.2 Å². The van der Waals surface area contributed by atoms with Crippen LogP contribution in [0.2, 0.25) is 4.34 Å². The fraction of sp³-hybridized carbons (Fsp3) is 0.435. The summed E-state index contributed by atoms with van der Waals surface area (Å²) in [6, 6.07) is 4.87. The SMILES string of the molecule is CCN(CC(F)(F)F)[C@@H](CNC(=O)c1ccc(Cl)s1)C(=O)Nc1ccc(N2CCOCC2=O)c(C(F)F)c1. The molecular weight excluding hydrogens is 559 g/mol. The van der Waals surface area contributed by atoms with Crippen LogP contribution in [-0.4, -0.2) is 74.2 Å². The molecule has 0 spiro atoms. The molecule has 1 aromatic heterocycles. The van der Waals surface area contributed by atoms with E-state index in [0.29, 0.717) is 4.34 Å². The first-order chi connectivity index (χ1) is 17.9. The zero-order valence-electron chi connectivity index (χ0n) is 20.0. The molecule has 0 unspecified atom stereocenters. The van der Waals surface area contributed by atoms with Crippen LogP contribution in [0.3, 0.4) is 0 Å². The molecule has 38 heavy (non-hydrogen) atoms. The Labute approximate surface area is 223 Å². The summed E-state index contributed by atoms with van der Waals surface area (Å²) in [6.45, 7) is -0.768. The molecule has 1 fully saturated rings. The maximum atomic E-state index is 13.9. The van der Waals surface area contributed by atoms with Gasteiger partial charge in [-0.1, -0.05) is 18.5 Å². The fourth-order valence-electron chi connectivity index (χ4n) is 3.82. The molecule has 0 radical (unpaired) electrons. The van der Waals surface area contributed by atoms with Gasteiger partial charge >= 0.3 is 6.18 Å². The van der Waals surface area contributed by atoms with Crippen LogP contribution in [0.5, 0.6) is 0 Å². The van der Waals surface area contributed by atoms with Crippen molar-refractivity contribution in [2.45, 2.75) is 25.6 Å². The monoisotopic (exact) mass is 582 g/mol. The van der Waals surface area contributed by atoms with Gasteiger partial charge in [-0.3, -0.25) is 19.3 Å². The summed E-state index contributed by atoms with van der Waals surface area (Å²) < 4.78 is 72.7. The Morgan fingerprint density at radius 2 is 1.97 bits per heavy atom. The number of amides is 3. The molecule has 15 heteroatoms. The quantitative estimate of drug-likeness (QED) is 0.407. The third-order valence-corrected chi connectivity index (χ3v) is 6.82. The second-order valence-electron chi connectivity index (χ2n) is 8.17. The highest BCUT2D eigenvalue weighted by atomic mass is 35.5. The van der Waals surface area contributed by atoms with Crippen molar-refractivity contribution in [3.63, 3.8) is 0 Å². The van der Waals surface area contributed by atoms with Gasteiger partial charge in [0.2, 0.25) is 5.91 Å². The smallest absolute Gasteiger partial charge is 0.370 e. The third kappa shape index (κ3) is 7.85. The summed E-state index contributed by atoms with van der Waals surface area (Å²) in [4.78, 5) is 39.8. The zero-order valence-corrected chi connectivity index (χ0v) is 21.6. The molecule has 8 nitrogen and oxygen atoms in total. The van der Waals surface area contributed by atoms with E-state index in [2.05, 4.69) is 10.6 Å². The number of carbonyl (C=O) groups excluding carboxylic acids is 3. The number of rotatable bonds is 10. The lowest BCUT2D eigenvalue weighted by Gasteiger charge is -2.31. The Balaban J connectivity index is 1.83. The Kier molecular flexibility index (Phi) is 10.0. The molecule has 1 aromatic carbocycles. The number of anilines is 2. The molecule has 2 heterocycles. The van der Waals surface area contributed by atoms with Gasteiger partial charge in [-0.25, -0.2) is 8.78 Å². The van der Waals surface area contributed by atoms with Gasteiger partial charge in [0, 0.05) is 24.3 Å². The number of nitrogens with one attached hydrogen (secondary N) is 2. The van der Waals surface area contributed by atoms with E-state index in [1.165, 1.54) is 31.2 Å². The second-order valence-corrected chi connectivity index (χ2v) is 9.88. The second kappa shape index (κ2) is 12.8. The summed E-state index contributed by atoms with van der Waals surface area (Å²) >= 11 is 6.77. The summed E-state index contributed by atoms with van der Waals surface area (Å²) in [5.74, 6) is -2.10. The number of benzene rings is 1. The molecule has 3 amide bonds. The van der Waals surface area contributed by atoms with Gasteiger partial charge in [-0.15, -0.1) is 11.3 Å². The van der Waals surface area contributed by atoms with Crippen molar-refractivity contribution in [3.05, 3.63) is 45.1 Å². The van der Waals surface area contributed by atoms with Gasteiger partial charge in [-0.2, -0.15) is 13.2 Å². The summed E-state index contributed by atoms with van der Waals surface area (Å²) in [5, 5.41) is 4.80. The molecule has 0 bridgehead atoms. The molecule has 1 aliphatic rings. The van der Waals surface area contributed by atoms with Gasteiger partial charge in [0.1, 0.15) is 12.6 Å². The van der Waals surface area contributed by atoms with E-state index in [1.54, 1.807) is 0 Å². The van der Waals surface area contributed by atoms with Crippen molar-refractivity contribution in [2.24, 2.45) is 0 Å². The van der Waals surface area contributed by atoms with Crippen LogP contribution in [-0.2, 0) is 14.3 Å². The molecule has 1 aliphatic heterocycles. The normalized spacial score (nSPS) is 15.2. The van der Waals surface area contributed by atoms with Crippen LogP contribution in [0.15, 0.2) is 30.3 Å². The van der Waals surface area contributed by atoms with E-state index < -0.39 is 55.0 Å². The number of alkyl halides is 5. The highest BCUT2D eigenvalue weighted by Gasteiger charge is 2.36. The van der Waals surface area contributed by atoms with E-state index in [1.807, 2.05) is 0 Å². The maximum absolute atomic E-state index is 13.9. The summed E-state index contributed by atoms with van der Waals surface area (Å²) in [5.41, 5.74) is -0.712. The molecule has 2 N–H and O–H groups in total. The Hall–Kier alpha value is -2.81. The van der Waals surface area contributed by atoms with Crippen molar-refractivity contribution >= 4 is 52.0 Å². The van der Waals surface area contributed by atoms with Gasteiger partial charge < -0.3 is 20.3 Å². The number of nitrogens with zero attached hydrogens (tertiary/aromatic N) is 2. The average Bonchev–Trinajstić information content (AvgIpc) is 3.29. The molecule has 0 aliphatic carbocycles. The molecule has 2 aromatic rings. The van der Waals surface area contributed by atoms with Gasteiger partial charge in [-0.05, 0) is 36.9 Å². The Morgan fingerprint density at radius 3 is 2.55 bits per heavy atom. The largest absolute Gasteiger partial charge is 0.401 e. The van der Waals surface area contributed by atoms with Crippen molar-refractivity contribution in [1.29, 1.82) is 0 Å². The van der Waals surface area contributed by atoms with Crippen LogP contribution in [0, 0.1) is 0 Å². The van der Waals surface area contributed by atoms with Crippen molar-refractivity contribution in [2.75, 3.05) is 49.6 Å². The topological polar surface area (TPSA) is 91.0 Å². The molecule has 0 saturated carbocycles. The predicted molar refractivity (Wildman–Crippen MR) is 132 cm³/mol. The van der Waals surface area contributed by atoms with Crippen molar-refractivity contribution in [3.8, 4) is 0 Å². The van der Waals surface area contributed by atoms with Gasteiger partial charge in [0.05, 0.1) is 28.1 Å². The van der Waals surface area contributed by atoms with Crippen molar-refractivity contribution in [1.82, 2.24) is 10.2 Å².